The Kier molecular flexibility index (Phi) is 5.77. The van der Waals surface area contributed by atoms with Gasteiger partial charge in [-0.3, -0.25) is 14.6 Å². The number of nitrogens with one attached hydrogen (secondary N) is 2. The maximum absolute atomic E-state index is 12.4. The molecule has 0 radical (unpaired) electrons. The molecule has 1 aliphatic rings. The van der Waals surface area contributed by atoms with Crippen LogP contribution in [0.5, 0.6) is 0 Å². The number of thioether (sulfide) groups is 1. The van der Waals surface area contributed by atoms with Crippen molar-refractivity contribution in [3.63, 3.8) is 0 Å². The average molecular weight is 415 g/mol. The molecule has 0 fully saturated rings. The fraction of sp³-hybridized carbons (Fsp3) is 0.400. The first-order valence-corrected chi connectivity index (χ1v) is 11.4. The van der Waals surface area contributed by atoms with E-state index in [4.69, 9.17) is 0 Å². The molecule has 0 spiro atoms. The molecule has 3 aromatic heterocycles. The number of carbonyl (C=O) groups is 1. The van der Waals surface area contributed by atoms with Crippen molar-refractivity contribution in [1.29, 1.82) is 0 Å². The van der Waals surface area contributed by atoms with Gasteiger partial charge in [0.2, 0.25) is 5.91 Å². The molecule has 3 heterocycles. The van der Waals surface area contributed by atoms with Gasteiger partial charge in [-0.25, -0.2) is 4.98 Å². The highest BCUT2D eigenvalue weighted by Gasteiger charge is 2.21. The summed E-state index contributed by atoms with van der Waals surface area (Å²) in [6, 6.07) is 5.56. The van der Waals surface area contributed by atoms with Gasteiger partial charge in [0.05, 0.1) is 22.9 Å². The van der Waals surface area contributed by atoms with Crippen LogP contribution in [-0.2, 0) is 23.4 Å². The molecular formula is C20H22N4O2S2. The number of fused-ring (bicyclic) bond motifs is 3. The van der Waals surface area contributed by atoms with Crippen LogP contribution >= 0.6 is 23.1 Å². The molecule has 8 heteroatoms. The van der Waals surface area contributed by atoms with E-state index in [0.29, 0.717) is 23.8 Å². The van der Waals surface area contributed by atoms with E-state index in [2.05, 4.69) is 20.3 Å². The number of aromatic nitrogens is 3. The van der Waals surface area contributed by atoms with Crippen LogP contribution in [0.15, 0.2) is 29.2 Å². The second-order valence-corrected chi connectivity index (χ2v) is 9.09. The predicted molar refractivity (Wildman–Crippen MR) is 114 cm³/mol. The van der Waals surface area contributed by atoms with E-state index in [1.54, 1.807) is 29.3 Å². The number of pyridine rings is 1. The number of nitrogens with zero attached hydrogens (tertiary/aromatic N) is 2. The molecule has 0 bridgehead atoms. The monoisotopic (exact) mass is 414 g/mol. The summed E-state index contributed by atoms with van der Waals surface area (Å²) in [4.78, 5) is 38.6. The third kappa shape index (κ3) is 4.12. The number of rotatable bonds is 7. The third-order valence-electron chi connectivity index (χ3n) is 4.85. The lowest BCUT2D eigenvalue weighted by Crippen LogP contribution is -2.27. The minimum Gasteiger partial charge on any atom is -0.348 e. The minimum atomic E-state index is -0.111. The maximum Gasteiger partial charge on any atom is 0.259 e. The molecule has 1 atom stereocenters. The number of amides is 1. The van der Waals surface area contributed by atoms with E-state index >= 15 is 0 Å². The Morgan fingerprint density at radius 1 is 1.39 bits per heavy atom. The van der Waals surface area contributed by atoms with Gasteiger partial charge >= 0.3 is 0 Å². The normalized spacial score (nSPS) is 14.2. The van der Waals surface area contributed by atoms with Crippen LogP contribution in [0.2, 0.25) is 0 Å². The summed E-state index contributed by atoms with van der Waals surface area (Å²) in [5, 5.41) is 3.75. The number of hydrogen-bond donors (Lipinski definition) is 2. The van der Waals surface area contributed by atoms with E-state index in [9.17, 15) is 9.59 Å². The minimum absolute atomic E-state index is 0.00256. The van der Waals surface area contributed by atoms with Crippen LogP contribution in [0.25, 0.3) is 10.2 Å². The number of thiophene rings is 1. The molecule has 2 N–H and O–H groups in total. The number of hydrogen-bond acceptors (Lipinski definition) is 6. The summed E-state index contributed by atoms with van der Waals surface area (Å²) in [7, 11) is 0. The van der Waals surface area contributed by atoms with Gasteiger partial charge in [-0.15, -0.1) is 11.3 Å². The van der Waals surface area contributed by atoms with E-state index in [0.717, 1.165) is 35.2 Å². The van der Waals surface area contributed by atoms with Crippen molar-refractivity contribution in [1.82, 2.24) is 20.3 Å². The molecule has 1 amide bonds. The molecule has 0 aromatic carbocycles. The molecule has 3 aromatic rings. The SMILES string of the molecule is CC(NC(=O)CCSCc1nc2sc3c(c2c(=O)[nH]1)CCC3)c1ccccn1. The molecular weight excluding hydrogens is 392 g/mol. The van der Waals surface area contributed by atoms with Gasteiger partial charge in [-0.2, -0.15) is 11.8 Å². The highest BCUT2D eigenvalue weighted by Crippen LogP contribution is 2.34. The molecule has 1 unspecified atom stereocenters. The topological polar surface area (TPSA) is 87.7 Å². The zero-order valence-corrected chi connectivity index (χ0v) is 17.3. The maximum atomic E-state index is 12.4. The fourth-order valence-corrected chi connectivity index (χ4v) is 5.55. The quantitative estimate of drug-likeness (QED) is 0.579. The van der Waals surface area contributed by atoms with Gasteiger partial charge in [0, 0.05) is 23.2 Å². The van der Waals surface area contributed by atoms with Crippen LogP contribution in [0.4, 0.5) is 0 Å². The van der Waals surface area contributed by atoms with Gasteiger partial charge in [0.15, 0.2) is 0 Å². The zero-order chi connectivity index (χ0) is 19.5. The Balaban J connectivity index is 1.28. The Morgan fingerprint density at radius 2 is 2.29 bits per heavy atom. The van der Waals surface area contributed by atoms with E-state index in [-0.39, 0.29) is 17.5 Å². The smallest absolute Gasteiger partial charge is 0.259 e. The van der Waals surface area contributed by atoms with Crippen molar-refractivity contribution in [2.45, 2.75) is 44.4 Å². The molecule has 1 aliphatic carbocycles. The van der Waals surface area contributed by atoms with Gasteiger partial charge in [-0.1, -0.05) is 6.07 Å². The average Bonchev–Trinajstić information content (AvgIpc) is 3.26. The van der Waals surface area contributed by atoms with Gasteiger partial charge < -0.3 is 10.3 Å². The lowest BCUT2D eigenvalue weighted by molar-refractivity contribution is -0.121. The summed E-state index contributed by atoms with van der Waals surface area (Å²) in [5.74, 6) is 1.95. The molecule has 4 rings (SSSR count). The highest BCUT2D eigenvalue weighted by atomic mass is 32.2. The predicted octanol–water partition coefficient (Wildman–Crippen LogP) is 3.37. The van der Waals surface area contributed by atoms with Gasteiger partial charge in [0.1, 0.15) is 10.7 Å². The first kappa shape index (κ1) is 19.1. The van der Waals surface area contributed by atoms with E-state index in [1.165, 1.54) is 10.4 Å². The summed E-state index contributed by atoms with van der Waals surface area (Å²) in [6.45, 7) is 1.93. The zero-order valence-electron chi connectivity index (χ0n) is 15.7. The Labute approximate surface area is 171 Å². The van der Waals surface area contributed by atoms with E-state index in [1.807, 2.05) is 25.1 Å². The standard InChI is InChI=1S/C20H22N4O2S2/c1-12(14-6-2-3-9-21-14)22-17(25)8-10-27-11-16-23-19(26)18-13-5-4-7-15(13)28-20(18)24-16/h2-3,6,9,12H,4-5,7-8,10-11H2,1H3,(H,22,25)(H,23,24,26). The summed E-state index contributed by atoms with van der Waals surface area (Å²) in [5.41, 5.74) is 2.02. The van der Waals surface area contributed by atoms with Crippen LogP contribution in [0, 0.1) is 0 Å². The van der Waals surface area contributed by atoms with Crippen molar-refractivity contribution in [3.8, 4) is 0 Å². The van der Waals surface area contributed by atoms with Gasteiger partial charge in [0.25, 0.3) is 5.56 Å². The second kappa shape index (κ2) is 8.45. The number of aryl methyl sites for hydroxylation is 2. The van der Waals surface area contributed by atoms with Crippen LogP contribution < -0.4 is 10.9 Å². The number of H-pyrrole nitrogens is 1. The summed E-state index contributed by atoms with van der Waals surface area (Å²) >= 11 is 3.25. The largest absolute Gasteiger partial charge is 0.348 e. The van der Waals surface area contributed by atoms with E-state index < -0.39 is 0 Å². The molecule has 6 nitrogen and oxygen atoms in total. The van der Waals surface area contributed by atoms with Crippen molar-refractivity contribution in [3.05, 3.63) is 56.7 Å². The third-order valence-corrected chi connectivity index (χ3v) is 7.00. The van der Waals surface area contributed by atoms with Crippen LogP contribution in [0.1, 0.15) is 47.8 Å². The first-order chi connectivity index (χ1) is 13.6. The fourth-order valence-electron chi connectivity index (χ4n) is 3.47. The van der Waals surface area contributed by atoms with Crippen molar-refractivity contribution < 1.29 is 4.79 Å². The number of aromatic amines is 1. The van der Waals surface area contributed by atoms with Crippen molar-refractivity contribution >= 4 is 39.2 Å². The lowest BCUT2D eigenvalue weighted by atomic mass is 10.2. The lowest BCUT2D eigenvalue weighted by Gasteiger charge is -2.13. The first-order valence-electron chi connectivity index (χ1n) is 9.43. The van der Waals surface area contributed by atoms with Gasteiger partial charge in [-0.05, 0) is 43.9 Å². The summed E-state index contributed by atoms with van der Waals surface area (Å²) in [6.07, 6.45) is 5.32. The van der Waals surface area contributed by atoms with Crippen LogP contribution in [0.3, 0.4) is 0 Å². The molecule has 146 valence electrons. The highest BCUT2D eigenvalue weighted by molar-refractivity contribution is 7.98. The second-order valence-electron chi connectivity index (χ2n) is 6.90. The summed E-state index contributed by atoms with van der Waals surface area (Å²) < 4.78 is 0. The molecule has 0 saturated heterocycles. The number of carbonyl (C=O) groups excluding carboxylic acids is 1. The Morgan fingerprint density at radius 3 is 3.11 bits per heavy atom. The van der Waals surface area contributed by atoms with Crippen molar-refractivity contribution in [2.24, 2.45) is 0 Å². The molecule has 0 aliphatic heterocycles. The Hall–Kier alpha value is -2.19. The molecule has 0 saturated carbocycles. The van der Waals surface area contributed by atoms with Crippen LogP contribution in [-0.4, -0.2) is 26.6 Å². The Bertz CT molecular complexity index is 1050. The molecule has 28 heavy (non-hydrogen) atoms. The van der Waals surface area contributed by atoms with Crippen molar-refractivity contribution in [2.75, 3.05) is 5.75 Å².